The average Bonchev–Trinajstić information content (AvgIpc) is 3.63. The second kappa shape index (κ2) is 12.2. The summed E-state index contributed by atoms with van der Waals surface area (Å²) in [5.41, 5.74) is 11.0. The van der Waals surface area contributed by atoms with Crippen LogP contribution in [0.2, 0.25) is 0 Å². The van der Waals surface area contributed by atoms with Gasteiger partial charge in [0.05, 0.1) is 0 Å². The number of benzene rings is 9. The fraction of sp³-hybridized carbons (Fsp3) is 0.179. The molecule has 0 atom stereocenters. The van der Waals surface area contributed by atoms with Crippen molar-refractivity contribution in [3.05, 3.63) is 169 Å². The fourth-order valence-corrected chi connectivity index (χ4v) is 12.7. The van der Waals surface area contributed by atoms with Gasteiger partial charge in [-0.25, -0.2) is 0 Å². The van der Waals surface area contributed by atoms with Crippen LogP contribution in [-0.4, -0.2) is 0 Å². The molecule has 1 aromatic heterocycles. The number of hydrogen-bond acceptors (Lipinski definition) is 1. The lowest BCUT2D eigenvalue weighted by Gasteiger charge is -2.55. The molecule has 14 rings (SSSR count). The van der Waals surface area contributed by atoms with Crippen LogP contribution < -0.4 is 0 Å². The molecule has 0 unspecified atom stereocenters. The number of hydrogen-bond donors (Lipinski definition) is 0. The van der Waals surface area contributed by atoms with Gasteiger partial charge < -0.3 is 4.42 Å². The van der Waals surface area contributed by atoms with Crippen LogP contribution in [-0.2, 0) is 0 Å². The molecule has 1 heteroatoms. The highest BCUT2D eigenvalue weighted by atomic mass is 16.3. The molecule has 0 aliphatic heterocycles. The van der Waals surface area contributed by atoms with Gasteiger partial charge in [0.2, 0.25) is 0 Å². The summed E-state index contributed by atoms with van der Waals surface area (Å²) in [6.45, 7) is 0. The lowest BCUT2D eigenvalue weighted by Crippen LogP contribution is -2.43. The first-order valence-electron chi connectivity index (χ1n) is 21.1. The van der Waals surface area contributed by atoms with Crippen LogP contribution in [0, 0.1) is 23.7 Å². The Kier molecular flexibility index (Phi) is 6.82. The largest absolute Gasteiger partial charge is 0.455 e. The summed E-state index contributed by atoms with van der Waals surface area (Å²) in [6, 6.07) is 61.0. The number of furan rings is 1. The summed E-state index contributed by atoms with van der Waals surface area (Å²) in [5, 5.41) is 13.0. The average molecular weight is 731 g/mol. The molecule has 4 saturated carbocycles. The van der Waals surface area contributed by atoms with Crippen LogP contribution in [0.5, 0.6) is 0 Å². The van der Waals surface area contributed by atoms with Gasteiger partial charge >= 0.3 is 0 Å². The number of para-hydroxylation sites is 1. The third kappa shape index (κ3) is 4.63. The third-order valence-electron chi connectivity index (χ3n) is 14.6. The van der Waals surface area contributed by atoms with Crippen molar-refractivity contribution in [2.45, 2.75) is 38.0 Å². The van der Waals surface area contributed by atoms with E-state index in [1.807, 2.05) is 0 Å². The second-order valence-electron chi connectivity index (χ2n) is 17.5. The van der Waals surface area contributed by atoms with E-state index in [-0.39, 0.29) is 0 Å². The molecule has 57 heavy (non-hydrogen) atoms. The SMILES string of the molecule is c1ccc(-c2c3ccccc3c(-c3ccc4oc5c(-c6c7ccccc7c(C7C8CC9CC(C8)CC7C9)c7ccccc67)cccc5c4c3)c3ccccc23)cc1. The van der Waals surface area contributed by atoms with E-state index in [0.717, 1.165) is 45.6 Å². The molecule has 0 N–H and O–H groups in total. The lowest BCUT2D eigenvalue weighted by atomic mass is 9.50. The molecule has 0 saturated heterocycles. The van der Waals surface area contributed by atoms with Crippen molar-refractivity contribution in [2.24, 2.45) is 23.7 Å². The second-order valence-corrected chi connectivity index (χ2v) is 17.5. The van der Waals surface area contributed by atoms with Gasteiger partial charge in [-0.15, -0.1) is 0 Å². The van der Waals surface area contributed by atoms with E-state index < -0.39 is 0 Å². The summed E-state index contributed by atoms with van der Waals surface area (Å²) in [4.78, 5) is 0. The predicted molar refractivity (Wildman–Crippen MR) is 240 cm³/mol. The Morgan fingerprint density at radius 3 is 1.39 bits per heavy atom. The van der Waals surface area contributed by atoms with E-state index in [2.05, 4.69) is 164 Å². The van der Waals surface area contributed by atoms with Gasteiger partial charge in [-0.2, -0.15) is 0 Å². The van der Waals surface area contributed by atoms with E-state index in [0.29, 0.717) is 5.92 Å². The van der Waals surface area contributed by atoms with E-state index >= 15 is 0 Å². The molecule has 4 aliphatic carbocycles. The molecule has 0 spiro atoms. The molecular formula is C56H42O. The molecule has 1 nitrogen and oxygen atoms in total. The third-order valence-corrected chi connectivity index (χ3v) is 14.6. The normalized spacial score (nSPS) is 21.5. The molecular weight excluding hydrogens is 689 g/mol. The molecule has 0 radical (unpaired) electrons. The van der Waals surface area contributed by atoms with Gasteiger partial charge in [0, 0.05) is 21.9 Å². The maximum Gasteiger partial charge on any atom is 0.143 e. The molecule has 4 fully saturated rings. The van der Waals surface area contributed by atoms with Crippen LogP contribution in [0.4, 0.5) is 0 Å². The van der Waals surface area contributed by atoms with Crippen molar-refractivity contribution < 1.29 is 4.42 Å². The van der Waals surface area contributed by atoms with E-state index in [4.69, 9.17) is 4.42 Å². The van der Waals surface area contributed by atoms with Gasteiger partial charge in [-0.1, -0.05) is 152 Å². The molecule has 4 bridgehead atoms. The van der Waals surface area contributed by atoms with E-state index in [9.17, 15) is 0 Å². The molecule has 9 aromatic carbocycles. The minimum Gasteiger partial charge on any atom is -0.455 e. The number of fused-ring (bicyclic) bond motifs is 7. The first-order valence-corrected chi connectivity index (χ1v) is 21.1. The number of rotatable bonds is 4. The Labute approximate surface area is 332 Å². The Morgan fingerprint density at radius 1 is 0.351 bits per heavy atom. The predicted octanol–water partition coefficient (Wildman–Crippen LogP) is 15.7. The first kappa shape index (κ1) is 32.0. The lowest BCUT2D eigenvalue weighted by molar-refractivity contribution is -0.00185. The fourth-order valence-electron chi connectivity index (χ4n) is 12.7. The Bertz CT molecular complexity index is 3110. The first-order chi connectivity index (χ1) is 28.3. The summed E-state index contributed by atoms with van der Waals surface area (Å²) in [7, 11) is 0. The van der Waals surface area contributed by atoms with Gasteiger partial charge in [0.1, 0.15) is 11.2 Å². The smallest absolute Gasteiger partial charge is 0.143 e. The molecule has 10 aromatic rings. The molecule has 272 valence electrons. The highest BCUT2D eigenvalue weighted by Gasteiger charge is 2.49. The minimum atomic E-state index is 0.649. The van der Waals surface area contributed by atoms with Gasteiger partial charge in [-0.05, 0) is 145 Å². The zero-order chi connectivity index (χ0) is 37.2. The van der Waals surface area contributed by atoms with E-state index in [1.165, 1.54) is 109 Å². The summed E-state index contributed by atoms with van der Waals surface area (Å²) < 4.78 is 7.00. The summed E-state index contributed by atoms with van der Waals surface area (Å²) in [5.74, 6) is 4.19. The zero-order valence-electron chi connectivity index (χ0n) is 31.9. The molecule has 4 aliphatic rings. The van der Waals surface area contributed by atoms with Gasteiger partial charge in [0.15, 0.2) is 0 Å². The maximum absolute atomic E-state index is 7.00. The van der Waals surface area contributed by atoms with Crippen molar-refractivity contribution >= 4 is 65.0 Å². The summed E-state index contributed by atoms with van der Waals surface area (Å²) >= 11 is 0. The van der Waals surface area contributed by atoms with Crippen molar-refractivity contribution in [2.75, 3.05) is 0 Å². The van der Waals surface area contributed by atoms with Crippen LogP contribution in [0.15, 0.2) is 168 Å². The van der Waals surface area contributed by atoms with Crippen molar-refractivity contribution in [3.8, 4) is 33.4 Å². The van der Waals surface area contributed by atoms with Gasteiger partial charge in [-0.3, -0.25) is 0 Å². The van der Waals surface area contributed by atoms with Gasteiger partial charge in [0.25, 0.3) is 0 Å². The highest BCUT2D eigenvalue weighted by molar-refractivity contribution is 6.23. The minimum absolute atomic E-state index is 0.649. The zero-order valence-corrected chi connectivity index (χ0v) is 31.9. The molecule has 0 amide bonds. The standard InChI is InChI=1S/C56H42O/c1-2-13-35(14-3-1)52-39-15-4-6-17-41(39)53(42-18-7-5-16-40(42)52)36-25-26-50-49(32-36)47-23-12-24-48(56(47)57-50)54-43-19-8-10-21-45(43)55(46-22-11-9-20-44(46)54)51-37-28-33-27-34(30-37)31-38(51)29-33/h1-26,32-34,37-38,51H,27-31H2. The maximum atomic E-state index is 7.00. The van der Waals surface area contributed by atoms with Crippen molar-refractivity contribution in [3.63, 3.8) is 0 Å². The highest BCUT2D eigenvalue weighted by Crippen LogP contribution is 2.62. The van der Waals surface area contributed by atoms with Crippen LogP contribution in [0.25, 0.3) is 98.4 Å². The Morgan fingerprint density at radius 2 is 0.825 bits per heavy atom. The molecule has 1 heterocycles. The van der Waals surface area contributed by atoms with Crippen LogP contribution in [0.3, 0.4) is 0 Å². The van der Waals surface area contributed by atoms with Crippen LogP contribution >= 0.6 is 0 Å². The Hall–Kier alpha value is -6.18. The van der Waals surface area contributed by atoms with Crippen molar-refractivity contribution in [1.82, 2.24) is 0 Å². The van der Waals surface area contributed by atoms with E-state index in [1.54, 1.807) is 5.56 Å². The quantitative estimate of drug-likeness (QED) is 0.164. The summed E-state index contributed by atoms with van der Waals surface area (Å²) in [6.07, 6.45) is 7.17. The van der Waals surface area contributed by atoms with Crippen molar-refractivity contribution in [1.29, 1.82) is 0 Å². The Balaban J connectivity index is 1.04. The van der Waals surface area contributed by atoms with Crippen LogP contribution in [0.1, 0.15) is 43.6 Å². The monoisotopic (exact) mass is 730 g/mol. The topological polar surface area (TPSA) is 13.1 Å².